The van der Waals surface area contributed by atoms with Crippen molar-refractivity contribution in [2.24, 2.45) is 5.73 Å². The molecule has 0 fully saturated rings. The maximum atomic E-state index is 14.1. The van der Waals surface area contributed by atoms with Gasteiger partial charge in [-0.2, -0.15) is 0 Å². The molecule has 8 nitrogen and oxygen atoms in total. The number of carbonyl (C=O) groups excluding carboxylic acids is 2. The lowest BCUT2D eigenvalue weighted by Gasteiger charge is -2.16. The van der Waals surface area contributed by atoms with Crippen molar-refractivity contribution >= 4 is 29.1 Å². The van der Waals surface area contributed by atoms with E-state index in [0.717, 1.165) is 36.5 Å². The number of alkyl halides is 3. The first-order chi connectivity index (χ1) is 16.0. The number of anilines is 1. The Morgan fingerprint density at radius 2 is 1.76 bits per heavy atom. The molecule has 0 saturated carbocycles. The number of halogens is 5. The first kappa shape index (κ1) is 24.6. The highest BCUT2D eigenvalue weighted by atomic mass is 35.5. The smallest absolute Gasteiger partial charge is 0.493 e. The average molecular weight is 500 g/mol. The fourth-order valence-electron chi connectivity index (χ4n) is 2.68. The van der Waals surface area contributed by atoms with Gasteiger partial charge >= 0.3 is 6.36 Å². The van der Waals surface area contributed by atoms with Crippen LogP contribution in [0.3, 0.4) is 0 Å². The van der Waals surface area contributed by atoms with Crippen molar-refractivity contribution in [2.45, 2.75) is 6.36 Å². The number of nitrogens with zero attached hydrogens (tertiary/aromatic N) is 1. The first-order valence-corrected chi connectivity index (χ1v) is 9.53. The van der Waals surface area contributed by atoms with Gasteiger partial charge in [0.05, 0.1) is 24.0 Å². The second-order valence-electron chi connectivity index (χ2n) is 6.45. The maximum absolute atomic E-state index is 14.1. The number of hydrogen-bond donors (Lipinski definition) is 2. The molecule has 0 radical (unpaired) electrons. The topological polar surface area (TPSA) is 113 Å². The quantitative estimate of drug-likeness (QED) is 0.446. The van der Waals surface area contributed by atoms with Crippen LogP contribution in [0.2, 0.25) is 5.02 Å². The molecule has 0 atom stereocenters. The number of pyridine rings is 1. The Kier molecular flexibility index (Phi) is 7.11. The van der Waals surface area contributed by atoms with E-state index in [0.29, 0.717) is 0 Å². The zero-order chi connectivity index (χ0) is 25.0. The lowest BCUT2D eigenvalue weighted by molar-refractivity contribution is -0.274. The van der Waals surface area contributed by atoms with E-state index < -0.39 is 40.3 Å². The van der Waals surface area contributed by atoms with Gasteiger partial charge in [0.15, 0.2) is 11.5 Å². The Hall–Kier alpha value is -4.06. The summed E-state index contributed by atoms with van der Waals surface area (Å²) in [4.78, 5) is 27.7. The number of carbonyl (C=O) groups is 2. The largest absolute Gasteiger partial charge is 0.573 e. The monoisotopic (exact) mass is 499 g/mol. The van der Waals surface area contributed by atoms with Gasteiger partial charge in [-0.15, -0.1) is 13.2 Å². The summed E-state index contributed by atoms with van der Waals surface area (Å²) >= 11 is 6.00. The van der Waals surface area contributed by atoms with Crippen molar-refractivity contribution in [2.75, 3.05) is 12.4 Å². The SMILES string of the molecule is COc1cc(OC(F)(F)F)ccc1Oc1ccc(F)c(Cl)c1C(=O)Nc1ccc(C(N)=O)nc1. The molecule has 3 aromatic rings. The van der Waals surface area contributed by atoms with Crippen molar-refractivity contribution in [3.05, 3.63) is 70.8 Å². The second kappa shape index (κ2) is 9.83. The molecular weight excluding hydrogens is 486 g/mol. The van der Waals surface area contributed by atoms with E-state index in [1.54, 1.807) is 0 Å². The van der Waals surface area contributed by atoms with Crippen molar-refractivity contribution in [1.82, 2.24) is 4.98 Å². The standard InChI is InChI=1S/C21H14ClF4N3O5/c1-32-16-8-11(34-21(24,25)26)3-6-14(16)33-15-7-4-12(23)18(22)17(15)20(31)29-10-2-5-13(19(27)30)28-9-10/h2-9H,1H3,(H2,27,30)(H,29,31). The van der Waals surface area contributed by atoms with Crippen LogP contribution in [0.1, 0.15) is 20.8 Å². The number of ether oxygens (including phenoxy) is 3. The fraction of sp³-hybridized carbons (Fsp3) is 0.0952. The van der Waals surface area contributed by atoms with Crippen molar-refractivity contribution in [1.29, 1.82) is 0 Å². The summed E-state index contributed by atoms with van der Waals surface area (Å²) < 4.78 is 66.0. The van der Waals surface area contributed by atoms with Crippen LogP contribution in [0, 0.1) is 5.82 Å². The Balaban J connectivity index is 1.92. The molecule has 0 saturated heterocycles. The number of nitrogens with one attached hydrogen (secondary N) is 1. The van der Waals surface area contributed by atoms with Gasteiger partial charge < -0.3 is 25.3 Å². The number of hydrogen-bond acceptors (Lipinski definition) is 6. The van der Waals surface area contributed by atoms with E-state index in [9.17, 15) is 27.2 Å². The fourth-order valence-corrected chi connectivity index (χ4v) is 2.93. The van der Waals surface area contributed by atoms with E-state index in [1.807, 2.05) is 0 Å². The summed E-state index contributed by atoms with van der Waals surface area (Å²) in [5.74, 6) is -3.68. The number of nitrogens with two attached hydrogens (primary N) is 1. The lowest BCUT2D eigenvalue weighted by Crippen LogP contribution is -2.17. The Morgan fingerprint density at radius 1 is 1.06 bits per heavy atom. The minimum absolute atomic E-state index is 0.0455. The van der Waals surface area contributed by atoms with Gasteiger partial charge in [-0.25, -0.2) is 9.37 Å². The Bertz CT molecular complexity index is 1240. The molecule has 0 aliphatic rings. The summed E-state index contributed by atoms with van der Waals surface area (Å²) in [5.41, 5.74) is 4.78. The van der Waals surface area contributed by atoms with Crippen LogP contribution in [0.15, 0.2) is 48.7 Å². The second-order valence-corrected chi connectivity index (χ2v) is 6.83. The molecule has 2 amide bonds. The van der Waals surface area contributed by atoms with Gasteiger partial charge in [-0.1, -0.05) is 11.6 Å². The highest BCUT2D eigenvalue weighted by Crippen LogP contribution is 2.39. The molecule has 0 aliphatic carbocycles. The zero-order valence-electron chi connectivity index (χ0n) is 17.1. The molecule has 0 aliphatic heterocycles. The van der Waals surface area contributed by atoms with Gasteiger partial charge in [0.25, 0.3) is 11.8 Å². The highest BCUT2D eigenvalue weighted by Gasteiger charge is 2.31. The van der Waals surface area contributed by atoms with Crippen molar-refractivity contribution in [3.63, 3.8) is 0 Å². The molecule has 3 rings (SSSR count). The van der Waals surface area contributed by atoms with Crippen LogP contribution in [-0.4, -0.2) is 30.3 Å². The third-order valence-electron chi connectivity index (χ3n) is 4.15. The van der Waals surface area contributed by atoms with Gasteiger partial charge in [-0.3, -0.25) is 9.59 Å². The van der Waals surface area contributed by atoms with Gasteiger partial charge in [0.2, 0.25) is 0 Å². The summed E-state index contributed by atoms with van der Waals surface area (Å²) in [5, 5.41) is 1.84. The first-order valence-electron chi connectivity index (χ1n) is 9.15. The molecule has 13 heteroatoms. The zero-order valence-corrected chi connectivity index (χ0v) is 17.8. The van der Waals surface area contributed by atoms with E-state index in [1.165, 1.54) is 19.2 Å². The van der Waals surface area contributed by atoms with E-state index in [2.05, 4.69) is 15.0 Å². The van der Waals surface area contributed by atoms with Crippen LogP contribution in [0.5, 0.6) is 23.0 Å². The predicted molar refractivity (Wildman–Crippen MR) is 112 cm³/mol. The molecule has 34 heavy (non-hydrogen) atoms. The summed E-state index contributed by atoms with van der Waals surface area (Å²) in [7, 11) is 1.17. The third kappa shape index (κ3) is 5.84. The predicted octanol–water partition coefficient (Wildman–Crippen LogP) is 4.92. The van der Waals surface area contributed by atoms with Gasteiger partial charge in [0.1, 0.15) is 28.6 Å². The van der Waals surface area contributed by atoms with Crippen LogP contribution in [0.4, 0.5) is 23.2 Å². The van der Waals surface area contributed by atoms with E-state index in [4.69, 9.17) is 26.8 Å². The third-order valence-corrected chi connectivity index (χ3v) is 4.52. The molecule has 0 spiro atoms. The number of aromatic nitrogens is 1. The van der Waals surface area contributed by atoms with Crippen molar-refractivity contribution in [3.8, 4) is 23.0 Å². The summed E-state index contributed by atoms with van der Waals surface area (Å²) in [6.45, 7) is 0. The molecule has 1 aromatic heterocycles. The van der Waals surface area contributed by atoms with Crippen molar-refractivity contribution < 1.29 is 41.4 Å². The Morgan fingerprint density at radius 3 is 2.35 bits per heavy atom. The summed E-state index contributed by atoms with van der Waals surface area (Å²) in [6, 6.07) is 7.61. The highest BCUT2D eigenvalue weighted by molar-refractivity contribution is 6.35. The van der Waals surface area contributed by atoms with Gasteiger partial charge in [-0.05, 0) is 36.4 Å². The number of benzene rings is 2. The van der Waals surface area contributed by atoms with Crippen LogP contribution < -0.4 is 25.3 Å². The molecule has 178 valence electrons. The Labute approximate surface area is 194 Å². The number of methoxy groups -OCH3 is 1. The average Bonchev–Trinajstić information content (AvgIpc) is 2.76. The van der Waals surface area contributed by atoms with Crippen LogP contribution in [0.25, 0.3) is 0 Å². The molecule has 0 bridgehead atoms. The molecule has 0 unspecified atom stereocenters. The number of amides is 2. The molecular formula is C21H14ClF4N3O5. The molecule has 1 heterocycles. The van der Waals surface area contributed by atoms with E-state index in [-0.39, 0.29) is 28.6 Å². The number of rotatable bonds is 7. The minimum atomic E-state index is -4.92. The molecule has 3 N–H and O–H groups in total. The number of primary amides is 1. The lowest BCUT2D eigenvalue weighted by atomic mass is 10.1. The molecule has 2 aromatic carbocycles. The summed E-state index contributed by atoms with van der Waals surface area (Å²) in [6.07, 6.45) is -3.78. The van der Waals surface area contributed by atoms with Crippen LogP contribution in [-0.2, 0) is 0 Å². The van der Waals surface area contributed by atoms with Crippen LogP contribution >= 0.6 is 11.6 Å². The minimum Gasteiger partial charge on any atom is -0.493 e. The van der Waals surface area contributed by atoms with E-state index >= 15 is 0 Å². The van der Waals surface area contributed by atoms with Gasteiger partial charge in [0, 0.05) is 6.07 Å². The normalized spacial score (nSPS) is 11.0. The maximum Gasteiger partial charge on any atom is 0.573 e.